The van der Waals surface area contributed by atoms with Crippen molar-refractivity contribution < 1.29 is 14.0 Å². The number of nitrogens with zero attached hydrogens (tertiary/aromatic N) is 3. The molecule has 1 aromatic heterocycles. The van der Waals surface area contributed by atoms with E-state index in [-0.39, 0.29) is 23.4 Å². The van der Waals surface area contributed by atoms with Gasteiger partial charge in [-0.2, -0.15) is 0 Å². The number of nitrogens with one attached hydrogen (secondary N) is 1. The number of carbonyl (C=O) groups is 2. The van der Waals surface area contributed by atoms with E-state index in [4.69, 9.17) is 0 Å². The lowest BCUT2D eigenvalue weighted by Crippen LogP contribution is -2.32. The Morgan fingerprint density at radius 2 is 2.12 bits per heavy atom. The second kappa shape index (κ2) is 7.38. The minimum Gasteiger partial charge on any atom is -0.351 e. The van der Waals surface area contributed by atoms with Crippen LogP contribution in [0.3, 0.4) is 0 Å². The van der Waals surface area contributed by atoms with Gasteiger partial charge in [-0.1, -0.05) is 12.1 Å². The van der Waals surface area contributed by atoms with E-state index in [1.54, 1.807) is 29.3 Å². The van der Waals surface area contributed by atoms with Crippen LogP contribution in [0.5, 0.6) is 0 Å². The third-order valence-corrected chi connectivity index (χ3v) is 4.17. The smallest absolute Gasteiger partial charge is 0.257 e. The van der Waals surface area contributed by atoms with E-state index in [1.807, 2.05) is 0 Å². The van der Waals surface area contributed by atoms with Crippen molar-refractivity contribution in [3.8, 4) is 0 Å². The highest BCUT2D eigenvalue weighted by Gasteiger charge is 2.33. The lowest BCUT2D eigenvalue weighted by Gasteiger charge is -2.24. The lowest BCUT2D eigenvalue weighted by molar-refractivity contribution is -0.119. The summed E-state index contributed by atoms with van der Waals surface area (Å²) < 4.78 is 13.9. The van der Waals surface area contributed by atoms with Crippen LogP contribution in [0.25, 0.3) is 0 Å². The predicted molar refractivity (Wildman–Crippen MR) is 89.0 cm³/mol. The van der Waals surface area contributed by atoms with E-state index in [0.29, 0.717) is 24.6 Å². The van der Waals surface area contributed by atoms with Crippen LogP contribution in [0.4, 0.5) is 4.39 Å². The van der Waals surface area contributed by atoms with Crippen LogP contribution in [0.1, 0.15) is 47.7 Å². The zero-order valence-corrected chi connectivity index (χ0v) is 13.9. The molecule has 0 bridgehead atoms. The van der Waals surface area contributed by atoms with E-state index in [2.05, 4.69) is 15.3 Å². The Kier molecular flexibility index (Phi) is 5.02. The second-order valence-corrected chi connectivity index (χ2v) is 5.95. The average Bonchev–Trinajstić information content (AvgIpc) is 3.10. The monoisotopic (exact) mass is 342 g/mol. The highest BCUT2D eigenvalue weighted by atomic mass is 19.1. The number of hydrogen-bond acceptors (Lipinski definition) is 4. The molecule has 0 radical (unpaired) electrons. The largest absolute Gasteiger partial charge is 0.351 e. The fourth-order valence-corrected chi connectivity index (χ4v) is 2.95. The molecule has 0 saturated carbocycles. The highest BCUT2D eigenvalue weighted by Crippen LogP contribution is 2.31. The summed E-state index contributed by atoms with van der Waals surface area (Å²) in [4.78, 5) is 34.1. The summed E-state index contributed by atoms with van der Waals surface area (Å²) in [6.45, 7) is 2.28. The van der Waals surface area contributed by atoms with Crippen molar-refractivity contribution in [1.29, 1.82) is 0 Å². The Balaban J connectivity index is 1.82. The average molecular weight is 342 g/mol. The number of rotatable bonds is 4. The van der Waals surface area contributed by atoms with Crippen molar-refractivity contribution in [1.82, 2.24) is 20.2 Å². The van der Waals surface area contributed by atoms with Crippen LogP contribution in [-0.2, 0) is 11.3 Å². The number of hydrogen-bond donors (Lipinski definition) is 1. The number of amides is 2. The van der Waals surface area contributed by atoms with Gasteiger partial charge in [0.1, 0.15) is 5.82 Å². The molecule has 2 aromatic rings. The molecule has 1 saturated heterocycles. The lowest BCUT2D eigenvalue weighted by atomic mass is 10.1. The van der Waals surface area contributed by atoms with Crippen molar-refractivity contribution in [3.63, 3.8) is 0 Å². The first kappa shape index (κ1) is 17.0. The van der Waals surface area contributed by atoms with Crippen LogP contribution in [-0.4, -0.2) is 33.2 Å². The van der Waals surface area contributed by atoms with Gasteiger partial charge in [-0.05, 0) is 31.0 Å². The summed E-state index contributed by atoms with van der Waals surface area (Å²) in [6, 6.07) is 7.40. The number of halogens is 1. The van der Waals surface area contributed by atoms with Gasteiger partial charge in [-0.3, -0.25) is 9.59 Å². The Morgan fingerprint density at radius 3 is 2.88 bits per heavy atom. The Hall–Kier alpha value is -2.83. The maximum atomic E-state index is 13.9. The molecule has 1 aliphatic heterocycles. The van der Waals surface area contributed by atoms with Crippen molar-refractivity contribution in [2.24, 2.45) is 0 Å². The molecule has 1 fully saturated rings. The number of benzene rings is 1. The molecule has 0 unspecified atom stereocenters. The predicted octanol–water partition coefficient (Wildman–Crippen LogP) is 2.23. The van der Waals surface area contributed by atoms with Gasteiger partial charge in [0.2, 0.25) is 5.91 Å². The molecule has 1 atom stereocenters. The maximum Gasteiger partial charge on any atom is 0.257 e. The van der Waals surface area contributed by atoms with Crippen molar-refractivity contribution >= 4 is 11.8 Å². The molecule has 130 valence electrons. The minimum absolute atomic E-state index is 0.0591. The normalized spacial score (nSPS) is 16.7. The van der Waals surface area contributed by atoms with Gasteiger partial charge in [0, 0.05) is 19.7 Å². The molecular formula is C18H19FN4O2. The van der Waals surface area contributed by atoms with E-state index in [9.17, 15) is 14.0 Å². The van der Waals surface area contributed by atoms with E-state index in [1.165, 1.54) is 19.1 Å². The van der Waals surface area contributed by atoms with Crippen molar-refractivity contribution in [3.05, 3.63) is 59.4 Å². The van der Waals surface area contributed by atoms with Crippen molar-refractivity contribution in [2.75, 3.05) is 6.54 Å². The molecule has 25 heavy (non-hydrogen) atoms. The topological polar surface area (TPSA) is 75.2 Å². The van der Waals surface area contributed by atoms with Gasteiger partial charge in [-0.25, -0.2) is 14.4 Å². The summed E-state index contributed by atoms with van der Waals surface area (Å²) in [7, 11) is 0. The molecule has 3 rings (SSSR count). The first-order valence-corrected chi connectivity index (χ1v) is 8.18. The zero-order valence-electron chi connectivity index (χ0n) is 13.9. The van der Waals surface area contributed by atoms with Gasteiger partial charge in [-0.15, -0.1) is 0 Å². The van der Waals surface area contributed by atoms with Crippen LogP contribution in [0.15, 0.2) is 36.5 Å². The zero-order chi connectivity index (χ0) is 17.8. The van der Waals surface area contributed by atoms with E-state index < -0.39 is 5.82 Å². The molecule has 1 aliphatic rings. The summed E-state index contributed by atoms with van der Waals surface area (Å²) >= 11 is 0. The first-order valence-electron chi connectivity index (χ1n) is 8.18. The second-order valence-electron chi connectivity index (χ2n) is 5.95. The van der Waals surface area contributed by atoms with Crippen LogP contribution in [0, 0.1) is 5.82 Å². The fraction of sp³-hybridized carbons (Fsp3) is 0.333. The van der Waals surface area contributed by atoms with Gasteiger partial charge < -0.3 is 10.2 Å². The van der Waals surface area contributed by atoms with Gasteiger partial charge in [0.25, 0.3) is 5.91 Å². The quantitative estimate of drug-likeness (QED) is 0.924. The molecule has 7 heteroatoms. The third kappa shape index (κ3) is 3.81. The van der Waals surface area contributed by atoms with Gasteiger partial charge in [0.05, 0.1) is 23.8 Å². The number of likely N-dealkylation sites (tertiary alicyclic amines) is 1. The van der Waals surface area contributed by atoms with Gasteiger partial charge >= 0.3 is 0 Å². The Morgan fingerprint density at radius 1 is 1.32 bits per heavy atom. The fourth-order valence-electron chi connectivity index (χ4n) is 2.95. The standard InChI is InChI=1S/C18H19FN4O2/c1-12(24)21-11-13-8-9-20-17(22-13)16-7-4-10-23(16)18(25)14-5-2-3-6-15(14)19/h2-3,5-6,8-9,16H,4,7,10-11H2,1H3,(H,21,24)/t16-/m0/s1. The summed E-state index contributed by atoms with van der Waals surface area (Å²) in [6.07, 6.45) is 3.15. The Bertz CT molecular complexity index is 796. The summed E-state index contributed by atoms with van der Waals surface area (Å²) in [5.41, 5.74) is 0.731. The number of carbonyl (C=O) groups excluding carboxylic acids is 2. The van der Waals surface area contributed by atoms with E-state index in [0.717, 1.165) is 12.8 Å². The summed E-state index contributed by atoms with van der Waals surface area (Å²) in [5, 5.41) is 2.69. The maximum absolute atomic E-state index is 13.9. The van der Waals surface area contributed by atoms with Crippen LogP contribution >= 0.6 is 0 Å². The molecule has 1 aromatic carbocycles. The first-order chi connectivity index (χ1) is 12.1. The van der Waals surface area contributed by atoms with Crippen LogP contribution in [0.2, 0.25) is 0 Å². The molecular weight excluding hydrogens is 323 g/mol. The van der Waals surface area contributed by atoms with Crippen molar-refractivity contribution in [2.45, 2.75) is 32.4 Å². The molecule has 2 amide bonds. The molecule has 2 heterocycles. The van der Waals surface area contributed by atoms with Crippen LogP contribution < -0.4 is 5.32 Å². The summed E-state index contributed by atoms with van der Waals surface area (Å²) in [5.74, 6) is -0.502. The molecule has 6 nitrogen and oxygen atoms in total. The molecule has 0 aliphatic carbocycles. The minimum atomic E-state index is -0.529. The molecule has 1 N–H and O–H groups in total. The number of aromatic nitrogens is 2. The molecule has 0 spiro atoms. The highest BCUT2D eigenvalue weighted by molar-refractivity contribution is 5.94. The SMILES string of the molecule is CC(=O)NCc1ccnc([C@@H]2CCCN2C(=O)c2ccccc2F)n1. The Labute approximate surface area is 145 Å². The van der Waals surface area contributed by atoms with E-state index >= 15 is 0 Å². The third-order valence-electron chi connectivity index (χ3n) is 4.17. The van der Waals surface area contributed by atoms with Gasteiger partial charge in [0.15, 0.2) is 5.82 Å².